The molecule has 0 radical (unpaired) electrons. The molecule has 1 heterocycles. The van der Waals surface area contributed by atoms with Crippen molar-refractivity contribution >= 4 is 16.5 Å². The van der Waals surface area contributed by atoms with Crippen LogP contribution in [0, 0.1) is 5.82 Å². The molecule has 1 unspecified atom stereocenters. The lowest BCUT2D eigenvalue weighted by molar-refractivity contribution is 0.319. The van der Waals surface area contributed by atoms with E-state index in [4.69, 9.17) is 5.73 Å². The fraction of sp³-hybridized carbons (Fsp3) is 0.385. The predicted octanol–water partition coefficient (Wildman–Crippen LogP) is 3.05. The molecule has 0 aliphatic carbocycles. The van der Waals surface area contributed by atoms with Gasteiger partial charge in [0.15, 0.2) is 0 Å². The van der Waals surface area contributed by atoms with Gasteiger partial charge < -0.3 is 5.73 Å². The highest BCUT2D eigenvalue weighted by Gasteiger charge is 2.32. The highest BCUT2D eigenvalue weighted by Crippen LogP contribution is 2.50. The van der Waals surface area contributed by atoms with Gasteiger partial charge in [0, 0.05) is 24.7 Å². The van der Waals surface area contributed by atoms with E-state index < -0.39 is 10.8 Å². The van der Waals surface area contributed by atoms with Crippen molar-refractivity contribution < 1.29 is 13.5 Å². The summed E-state index contributed by atoms with van der Waals surface area (Å²) in [6.07, 6.45) is 2.17. The third kappa shape index (κ3) is 3.09. The predicted molar refractivity (Wildman–Crippen MR) is 77.7 cm³/mol. The van der Waals surface area contributed by atoms with E-state index in [1.165, 1.54) is 6.07 Å². The smallest absolute Gasteiger partial charge is 0.128 e. The van der Waals surface area contributed by atoms with Gasteiger partial charge in [-0.2, -0.15) is 0 Å². The van der Waals surface area contributed by atoms with Gasteiger partial charge in [-0.3, -0.25) is 9.11 Å². The van der Waals surface area contributed by atoms with Crippen LogP contribution in [0.25, 0.3) is 0 Å². The van der Waals surface area contributed by atoms with Gasteiger partial charge in [-0.15, -0.1) is 17.4 Å². The SMILES string of the molecule is C=CCN1CC(c2ccc(N)cc2F)CCS1(O)O. The Hall–Kier alpha value is -1.08. The molecule has 1 aliphatic rings. The van der Waals surface area contributed by atoms with Gasteiger partial charge in [-0.05, 0) is 24.1 Å². The van der Waals surface area contributed by atoms with Gasteiger partial charge in [0.05, 0.1) is 5.75 Å². The molecule has 0 spiro atoms. The fourth-order valence-corrected chi connectivity index (χ4v) is 3.97. The standard InChI is InChI=1S/C13H19FN2O2S/c1-2-6-16-9-10(5-7-19(16,17)18)12-4-3-11(15)8-13(12)14/h2-4,8,10,17-18H,1,5-7,9,15H2. The molecule has 2 rings (SSSR count). The van der Waals surface area contributed by atoms with Crippen LogP contribution in [0.4, 0.5) is 10.1 Å². The number of hydrogen-bond acceptors (Lipinski definition) is 4. The van der Waals surface area contributed by atoms with Gasteiger partial charge in [0.1, 0.15) is 5.82 Å². The second-order valence-corrected chi connectivity index (χ2v) is 6.93. The third-order valence-corrected chi connectivity index (χ3v) is 5.28. The molecule has 1 aliphatic heterocycles. The van der Waals surface area contributed by atoms with Gasteiger partial charge in [-0.1, -0.05) is 12.1 Å². The monoisotopic (exact) mass is 286 g/mol. The average Bonchev–Trinajstić information content (AvgIpc) is 2.33. The van der Waals surface area contributed by atoms with Crippen LogP contribution in [0.5, 0.6) is 0 Å². The van der Waals surface area contributed by atoms with E-state index in [0.29, 0.717) is 30.8 Å². The Balaban J connectivity index is 2.20. The molecule has 0 amide bonds. The Bertz CT molecular complexity index is 482. The summed E-state index contributed by atoms with van der Waals surface area (Å²) < 4.78 is 35.4. The molecule has 4 N–H and O–H groups in total. The van der Waals surface area contributed by atoms with Gasteiger partial charge >= 0.3 is 0 Å². The second kappa shape index (κ2) is 5.50. The van der Waals surface area contributed by atoms with E-state index >= 15 is 0 Å². The highest BCUT2D eigenvalue weighted by molar-refractivity contribution is 8.22. The Labute approximate surface area is 114 Å². The summed E-state index contributed by atoms with van der Waals surface area (Å²) in [6, 6.07) is 4.65. The molecule has 19 heavy (non-hydrogen) atoms. The molecule has 0 aromatic heterocycles. The maximum Gasteiger partial charge on any atom is 0.128 e. The normalized spacial score (nSPS) is 24.9. The first-order valence-corrected chi connectivity index (χ1v) is 7.78. The van der Waals surface area contributed by atoms with Crippen molar-refractivity contribution in [1.29, 1.82) is 0 Å². The summed E-state index contributed by atoms with van der Waals surface area (Å²) in [4.78, 5) is 0. The molecular formula is C13H19FN2O2S. The maximum absolute atomic E-state index is 13.9. The minimum Gasteiger partial charge on any atom is -0.399 e. The highest BCUT2D eigenvalue weighted by atomic mass is 32.3. The number of nitrogen functional groups attached to an aromatic ring is 1. The Morgan fingerprint density at radius 2 is 2.26 bits per heavy atom. The molecule has 6 heteroatoms. The van der Waals surface area contributed by atoms with Crippen LogP contribution in [0.15, 0.2) is 30.9 Å². The number of hydrogen-bond donors (Lipinski definition) is 3. The van der Waals surface area contributed by atoms with Crippen molar-refractivity contribution in [1.82, 2.24) is 4.31 Å². The number of nitrogens with two attached hydrogens (primary N) is 1. The first kappa shape index (κ1) is 14.3. The van der Waals surface area contributed by atoms with Gasteiger partial charge in [-0.25, -0.2) is 8.70 Å². The largest absolute Gasteiger partial charge is 0.399 e. The number of anilines is 1. The summed E-state index contributed by atoms with van der Waals surface area (Å²) in [5, 5.41) is 0. The van der Waals surface area contributed by atoms with Crippen molar-refractivity contribution in [2.24, 2.45) is 0 Å². The second-order valence-electron chi connectivity index (χ2n) is 4.74. The van der Waals surface area contributed by atoms with Gasteiger partial charge in [0.25, 0.3) is 0 Å². The summed E-state index contributed by atoms with van der Waals surface area (Å²) in [5.74, 6) is -0.127. The fourth-order valence-electron chi connectivity index (χ4n) is 2.35. The molecule has 1 saturated heterocycles. The number of benzene rings is 1. The first-order chi connectivity index (χ1) is 8.94. The molecule has 1 aromatic carbocycles. The topological polar surface area (TPSA) is 69.7 Å². The van der Waals surface area contributed by atoms with E-state index in [1.54, 1.807) is 22.5 Å². The molecule has 106 valence electrons. The van der Waals surface area contributed by atoms with E-state index in [9.17, 15) is 13.5 Å². The molecular weight excluding hydrogens is 267 g/mol. The van der Waals surface area contributed by atoms with E-state index in [1.807, 2.05) is 0 Å². The molecule has 0 saturated carbocycles. The summed E-state index contributed by atoms with van der Waals surface area (Å²) >= 11 is 0. The Morgan fingerprint density at radius 3 is 2.89 bits per heavy atom. The average molecular weight is 286 g/mol. The van der Waals surface area contributed by atoms with Crippen LogP contribution in [-0.2, 0) is 0 Å². The quantitative estimate of drug-likeness (QED) is 0.590. The molecule has 4 nitrogen and oxygen atoms in total. The lowest BCUT2D eigenvalue weighted by Gasteiger charge is -2.48. The van der Waals surface area contributed by atoms with Crippen LogP contribution in [0.1, 0.15) is 17.9 Å². The van der Waals surface area contributed by atoms with Crippen LogP contribution >= 0.6 is 10.8 Å². The Kier molecular flexibility index (Phi) is 4.15. The summed E-state index contributed by atoms with van der Waals surface area (Å²) in [6.45, 7) is 4.40. The third-order valence-electron chi connectivity index (χ3n) is 3.37. The van der Waals surface area contributed by atoms with Crippen molar-refractivity contribution in [3.05, 3.63) is 42.2 Å². The zero-order valence-electron chi connectivity index (χ0n) is 10.6. The number of rotatable bonds is 3. The number of halogens is 1. The molecule has 1 fully saturated rings. The van der Waals surface area contributed by atoms with Crippen LogP contribution in [0.3, 0.4) is 0 Å². The molecule has 0 bridgehead atoms. The zero-order chi connectivity index (χ0) is 14.0. The maximum atomic E-state index is 13.9. The van der Waals surface area contributed by atoms with Crippen LogP contribution in [0.2, 0.25) is 0 Å². The minimum atomic E-state index is -2.73. The Morgan fingerprint density at radius 1 is 1.53 bits per heavy atom. The van der Waals surface area contributed by atoms with Crippen molar-refractivity contribution in [3.8, 4) is 0 Å². The van der Waals surface area contributed by atoms with Crippen LogP contribution < -0.4 is 5.73 Å². The zero-order valence-corrected chi connectivity index (χ0v) is 11.4. The lowest BCUT2D eigenvalue weighted by atomic mass is 9.95. The van der Waals surface area contributed by atoms with E-state index in [0.717, 1.165) is 0 Å². The summed E-state index contributed by atoms with van der Waals surface area (Å²) in [5.41, 5.74) is 6.51. The first-order valence-electron chi connectivity index (χ1n) is 6.11. The molecule has 1 aromatic rings. The number of nitrogens with zero attached hydrogens (tertiary/aromatic N) is 1. The lowest BCUT2D eigenvalue weighted by Crippen LogP contribution is -2.38. The van der Waals surface area contributed by atoms with Crippen LogP contribution in [-0.4, -0.2) is 32.3 Å². The molecule has 1 atom stereocenters. The summed E-state index contributed by atoms with van der Waals surface area (Å²) in [7, 11) is -2.73. The van der Waals surface area contributed by atoms with E-state index in [2.05, 4.69) is 6.58 Å². The van der Waals surface area contributed by atoms with Crippen molar-refractivity contribution in [2.45, 2.75) is 12.3 Å². The van der Waals surface area contributed by atoms with Crippen molar-refractivity contribution in [3.63, 3.8) is 0 Å². The minimum absolute atomic E-state index is 0.0551. The van der Waals surface area contributed by atoms with E-state index in [-0.39, 0.29) is 17.5 Å². The van der Waals surface area contributed by atoms with Crippen molar-refractivity contribution in [2.75, 3.05) is 24.6 Å². The van der Waals surface area contributed by atoms with Gasteiger partial charge in [0.2, 0.25) is 0 Å².